The van der Waals surface area contributed by atoms with Gasteiger partial charge in [-0.2, -0.15) is 0 Å². The van der Waals surface area contributed by atoms with E-state index in [0.29, 0.717) is 12.2 Å². The van der Waals surface area contributed by atoms with Crippen molar-refractivity contribution in [3.8, 4) is 0 Å². The molecular formula is C16H15N3O2. The molecule has 0 aliphatic rings. The number of aromatic amines is 1. The molecule has 0 atom stereocenters. The van der Waals surface area contributed by atoms with Crippen LogP contribution in [-0.4, -0.2) is 9.91 Å². The van der Waals surface area contributed by atoms with Crippen LogP contribution >= 0.6 is 0 Å². The van der Waals surface area contributed by atoms with Gasteiger partial charge in [-0.15, -0.1) is 0 Å². The SMILES string of the molecule is Cc1ccc([N+](=O)[O-])c(NCc2ccc3[nH]ccc3c2)c1. The quantitative estimate of drug-likeness (QED) is 0.561. The summed E-state index contributed by atoms with van der Waals surface area (Å²) in [6.45, 7) is 2.46. The Bertz CT molecular complexity index is 808. The normalized spacial score (nSPS) is 10.7. The average Bonchev–Trinajstić information content (AvgIpc) is 2.92. The molecule has 1 heterocycles. The van der Waals surface area contributed by atoms with Crippen LogP contribution in [0.5, 0.6) is 0 Å². The van der Waals surface area contributed by atoms with Crippen molar-refractivity contribution in [3.63, 3.8) is 0 Å². The Balaban J connectivity index is 1.83. The van der Waals surface area contributed by atoms with Crippen LogP contribution in [0.3, 0.4) is 0 Å². The summed E-state index contributed by atoms with van der Waals surface area (Å²) < 4.78 is 0. The lowest BCUT2D eigenvalue weighted by Crippen LogP contribution is -2.03. The van der Waals surface area contributed by atoms with E-state index >= 15 is 0 Å². The van der Waals surface area contributed by atoms with Crippen LogP contribution in [0, 0.1) is 17.0 Å². The molecule has 0 bridgehead atoms. The number of hydrogen-bond acceptors (Lipinski definition) is 3. The maximum atomic E-state index is 11.0. The van der Waals surface area contributed by atoms with Crippen LogP contribution in [0.15, 0.2) is 48.7 Å². The molecule has 5 nitrogen and oxygen atoms in total. The number of H-pyrrole nitrogens is 1. The topological polar surface area (TPSA) is 71.0 Å². The van der Waals surface area contributed by atoms with Crippen molar-refractivity contribution >= 4 is 22.3 Å². The third-order valence-corrected chi connectivity index (χ3v) is 3.45. The first-order valence-corrected chi connectivity index (χ1v) is 6.68. The Morgan fingerprint density at radius 2 is 2.05 bits per heavy atom. The number of hydrogen-bond donors (Lipinski definition) is 2. The van der Waals surface area contributed by atoms with E-state index in [2.05, 4.69) is 16.4 Å². The van der Waals surface area contributed by atoms with Crippen molar-refractivity contribution in [3.05, 3.63) is 69.9 Å². The van der Waals surface area contributed by atoms with Crippen LogP contribution < -0.4 is 5.32 Å². The van der Waals surface area contributed by atoms with Crippen molar-refractivity contribution in [2.45, 2.75) is 13.5 Å². The van der Waals surface area contributed by atoms with E-state index in [9.17, 15) is 10.1 Å². The highest BCUT2D eigenvalue weighted by atomic mass is 16.6. The maximum Gasteiger partial charge on any atom is 0.292 e. The monoisotopic (exact) mass is 281 g/mol. The van der Waals surface area contributed by atoms with Crippen LogP contribution in [0.4, 0.5) is 11.4 Å². The zero-order valence-electron chi connectivity index (χ0n) is 11.6. The third-order valence-electron chi connectivity index (χ3n) is 3.45. The fraction of sp³-hybridized carbons (Fsp3) is 0.125. The summed E-state index contributed by atoms with van der Waals surface area (Å²) in [6, 6.07) is 13.2. The van der Waals surface area contributed by atoms with Gasteiger partial charge in [0.15, 0.2) is 0 Å². The van der Waals surface area contributed by atoms with E-state index in [1.807, 2.05) is 31.3 Å². The standard InChI is InChI=1S/C16H15N3O2/c1-11-2-5-16(19(20)21)15(8-11)18-10-12-3-4-14-13(9-12)6-7-17-14/h2-9,17-18H,10H2,1H3. The first kappa shape index (κ1) is 13.2. The molecule has 106 valence electrons. The molecule has 3 aromatic rings. The second-order valence-corrected chi connectivity index (χ2v) is 5.03. The second kappa shape index (κ2) is 5.28. The summed E-state index contributed by atoms with van der Waals surface area (Å²) in [5, 5.41) is 15.3. The van der Waals surface area contributed by atoms with E-state index < -0.39 is 0 Å². The summed E-state index contributed by atoms with van der Waals surface area (Å²) >= 11 is 0. The Hall–Kier alpha value is -2.82. The highest BCUT2D eigenvalue weighted by Crippen LogP contribution is 2.26. The molecule has 1 aromatic heterocycles. The van der Waals surface area contributed by atoms with Crippen molar-refractivity contribution in [1.29, 1.82) is 0 Å². The number of nitrogens with zero attached hydrogens (tertiary/aromatic N) is 1. The Morgan fingerprint density at radius 1 is 1.19 bits per heavy atom. The van der Waals surface area contributed by atoms with Gasteiger partial charge in [-0.25, -0.2) is 0 Å². The van der Waals surface area contributed by atoms with Crippen LogP contribution in [0.25, 0.3) is 10.9 Å². The lowest BCUT2D eigenvalue weighted by atomic mass is 10.1. The number of benzene rings is 2. The number of nitro groups is 1. The van der Waals surface area contributed by atoms with Gasteiger partial charge in [0, 0.05) is 24.3 Å². The number of nitro benzene ring substituents is 1. The molecular weight excluding hydrogens is 266 g/mol. The summed E-state index contributed by atoms with van der Waals surface area (Å²) in [4.78, 5) is 13.8. The smallest absolute Gasteiger partial charge is 0.292 e. The van der Waals surface area contributed by atoms with E-state index in [0.717, 1.165) is 22.0 Å². The van der Waals surface area contributed by atoms with E-state index in [1.54, 1.807) is 12.1 Å². The number of fused-ring (bicyclic) bond motifs is 1. The van der Waals surface area contributed by atoms with Crippen molar-refractivity contribution in [2.75, 3.05) is 5.32 Å². The minimum absolute atomic E-state index is 0.100. The lowest BCUT2D eigenvalue weighted by molar-refractivity contribution is -0.384. The number of aromatic nitrogens is 1. The molecule has 0 unspecified atom stereocenters. The molecule has 0 saturated heterocycles. The van der Waals surface area contributed by atoms with E-state index in [1.165, 1.54) is 6.07 Å². The predicted molar refractivity (Wildman–Crippen MR) is 83.5 cm³/mol. The molecule has 0 aliphatic heterocycles. The zero-order valence-corrected chi connectivity index (χ0v) is 11.6. The number of anilines is 1. The maximum absolute atomic E-state index is 11.0. The van der Waals surface area contributed by atoms with Crippen LogP contribution in [-0.2, 0) is 6.54 Å². The number of nitrogens with one attached hydrogen (secondary N) is 2. The van der Waals surface area contributed by atoms with Gasteiger partial charge in [0.1, 0.15) is 5.69 Å². The molecule has 2 aromatic carbocycles. The lowest BCUT2D eigenvalue weighted by Gasteiger charge is -2.08. The molecule has 2 N–H and O–H groups in total. The zero-order chi connectivity index (χ0) is 14.8. The predicted octanol–water partition coefficient (Wildman–Crippen LogP) is 4.00. The average molecular weight is 281 g/mol. The van der Waals surface area contributed by atoms with Gasteiger partial charge in [0.05, 0.1) is 4.92 Å². The van der Waals surface area contributed by atoms with Gasteiger partial charge < -0.3 is 10.3 Å². The molecule has 5 heteroatoms. The summed E-state index contributed by atoms with van der Waals surface area (Å²) in [7, 11) is 0. The van der Waals surface area contributed by atoms with Gasteiger partial charge >= 0.3 is 0 Å². The fourth-order valence-corrected chi connectivity index (χ4v) is 2.36. The van der Waals surface area contributed by atoms with E-state index in [-0.39, 0.29) is 10.6 Å². The van der Waals surface area contributed by atoms with Crippen LogP contribution in [0.2, 0.25) is 0 Å². The van der Waals surface area contributed by atoms with Crippen LogP contribution in [0.1, 0.15) is 11.1 Å². The van der Waals surface area contributed by atoms with Gasteiger partial charge in [-0.3, -0.25) is 10.1 Å². The highest BCUT2D eigenvalue weighted by molar-refractivity contribution is 5.80. The Morgan fingerprint density at radius 3 is 2.86 bits per heavy atom. The highest BCUT2D eigenvalue weighted by Gasteiger charge is 2.13. The Kier molecular flexibility index (Phi) is 3.31. The number of rotatable bonds is 4. The molecule has 21 heavy (non-hydrogen) atoms. The van der Waals surface area contributed by atoms with Gasteiger partial charge in [-0.05, 0) is 47.7 Å². The third kappa shape index (κ3) is 2.72. The molecule has 0 fully saturated rings. The fourth-order valence-electron chi connectivity index (χ4n) is 2.36. The van der Waals surface area contributed by atoms with Crippen molar-refractivity contribution in [2.24, 2.45) is 0 Å². The molecule has 3 rings (SSSR count). The summed E-state index contributed by atoms with van der Waals surface area (Å²) in [5.74, 6) is 0. The summed E-state index contributed by atoms with van der Waals surface area (Å²) in [5.41, 5.74) is 3.81. The minimum Gasteiger partial charge on any atom is -0.375 e. The molecule has 0 radical (unpaired) electrons. The van der Waals surface area contributed by atoms with E-state index in [4.69, 9.17) is 0 Å². The molecule has 0 spiro atoms. The van der Waals surface area contributed by atoms with Crippen molar-refractivity contribution in [1.82, 2.24) is 4.98 Å². The first-order chi connectivity index (χ1) is 10.1. The Labute approximate surface area is 121 Å². The van der Waals surface area contributed by atoms with Crippen molar-refractivity contribution < 1.29 is 4.92 Å². The molecule has 0 saturated carbocycles. The first-order valence-electron chi connectivity index (χ1n) is 6.68. The van der Waals surface area contributed by atoms with Gasteiger partial charge in [-0.1, -0.05) is 12.1 Å². The van der Waals surface area contributed by atoms with Gasteiger partial charge in [0.2, 0.25) is 0 Å². The summed E-state index contributed by atoms with van der Waals surface area (Å²) in [6.07, 6.45) is 1.90. The minimum atomic E-state index is -0.364. The number of aryl methyl sites for hydroxylation is 1. The largest absolute Gasteiger partial charge is 0.375 e. The molecule has 0 amide bonds. The second-order valence-electron chi connectivity index (χ2n) is 5.03. The van der Waals surface area contributed by atoms with Gasteiger partial charge in [0.25, 0.3) is 5.69 Å². The molecule has 0 aliphatic carbocycles.